The lowest BCUT2D eigenvalue weighted by atomic mass is 10.2. The molecule has 0 aliphatic carbocycles. The summed E-state index contributed by atoms with van der Waals surface area (Å²) in [4.78, 5) is 4.56. The zero-order chi connectivity index (χ0) is 10.2. The van der Waals surface area contributed by atoms with E-state index in [0.29, 0.717) is 13.2 Å². The van der Waals surface area contributed by atoms with Crippen LogP contribution in [-0.2, 0) is 0 Å². The van der Waals surface area contributed by atoms with Crippen molar-refractivity contribution in [3.63, 3.8) is 0 Å². The van der Waals surface area contributed by atoms with Gasteiger partial charge in [0.2, 0.25) is 0 Å². The van der Waals surface area contributed by atoms with Crippen LogP contribution in [0.25, 0.3) is 0 Å². The molecule has 1 heterocycles. The maximum absolute atomic E-state index is 12.0. The molecular weight excluding hydrogens is 183 g/mol. The van der Waals surface area contributed by atoms with Crippen LogP contribution in [-0.4, -0.2) is 67.5 Å². The van der Waals surface area contributed by atoms with Crippen molar-refractivity contribution in [3.05, 3.63) is 0 Å². The van der Waals surface area contributed by atoms with Crippen LogP contribution in [0.15, 0.2) is 0 Å². The van der Waals surface area contributed by atoms with Gasteiger partial charge in [-0.25, -0.2) is 4.39 Å². The van der Waals surface area contributed by atoms with Gasteiger partial charge in [0.1, 0.15) is 6.67 Å². The Hall–Kier alpha value is -0.190. The second-order valence-electron chi connectivity index (χ2n) is 3.80. The van der Waals surface area contributed by atoms with Crippen LogP contribution in [0, 0.1) is 0 Å². The number of aliphatic hydroxyl groups is 1. The Kier molecular flexibility index (Phi) is 6.07. The van der Waals surface area contributed by atoms with Gasteiger partial charge >= 0.3 is 0 Å². The molecule has 0 aromatic heterocycles. The molecule has 1 saturated heterocycles. The number of rotatable bonds is 6. The first-order valence-corrected chi connectivity index (χ1v) is 5.48. The molecule has 0 aromatic carbocycles. The van der Waals surface area contributed by atoms with E-state index in [1.54, 1.807) is 0 Å². The van der Waals surface area contributed by atoms with Gasteiger partial charge in [-0.2, -0.15) is 0 Å². The predicted molar refractivity (Wildman–Crippen MR) is 55.2 cm³/mol. The summed E-state index contributed by atoms with van der Waals surface area (Å²) in [7, 11) is 0. The fourth-order valence-corrected chi connectivity index (χ4v) is 1.80. The summed E-state index contributed by atoms with van der Waals surface area (Å²) in [5.74, 6) is 0. The molecule has 0 aromatic rings. The number of nitrogens with zero attached hydrogens (tertiary/aromatic N) is 2. The first-order chi connectivity index (χ1) is 6.86. The van der Waals surface area contributed by atoms with E-state index >= 15 is 0 Å². The first-order valence-electron chi connectivity index (χ1n) is 5.48. The van der Waals surface area contributed by atoms with Gasteiger partial charge in [0.25, 0.3) is 0 Å². The molecule has 1 aliphatic rings. The van der Waals surface area contributed by atoms with Crippen molar-refractivity contribution >= 4 is 0 Å². The molecule has 0 spiro atoms. The van der Waals surface area contributed by atoms with Crippen molar-refractivity contribution < 1.29 is 9.50 Å². The van der Waals surface area contributed by atoms with Crippen molar-refractivity contribution in [1.82, 2.24) is 9.80 Å². The average Bonchev–Trinajstić information content (AvgIpc) is 2.21. The van der Waals surface area contributed by atoms with Gasteiger partial charge in [0, 0.05) is 39.3 Å². The molecule has 1 N–H and O–H groups in total. The van der Waals surface area contributed by atoms with Crippen LogP contribution in [0.3, 0.4) is 0 Å². The van der Waals surface area contributed by atoms with Gasteiger partial charge in [-0.15, -0.1) is 0 Å². The Morgan fingerprint density at radius 3 is 2.00 bits per heavy atom. The maximum Gasteiger partial charge on any atom is 0.102 e. The summed E-state index contributed by atoms with van der Waals surface area (Å²) in [5, 5.41) is 8.64. The third-order valence-corrected chi connectivity index (χ3v) is 2.75. The summed E-state index contributed by atoms with van der Waals surface area (Å²) in [6.45, 7) is 5.80. The van der Waals surface area contributed by atoms with Crippen molar-refractivity contribution in [2.75, 3.05) is 52.6 Å². The topological polar surface area (TPSA) is 26.7 Å². The molecule has 1 fully saturated rings. The van der Waals surface area contributed by atoms with Crippen LogP contribution >= 0.6 is 0 Å². The normalized spacial score (nSPS) is 20.1. The lowest BCUT2D eigenvalue weighted by Gasteiger charge is -2.34. The smallest absolute Gasteiger partial charge is 0.102 e. The molecule has 0 saturated carbocycles. The number of hydrogen-bond acceptors (Lipinski definition) is 3. The van der Waals surface area contributed by atoms with E-state index in [1.807, 2.05) is 0 Å². The van der Waals surface area contributed by atoms with Gasteiger partial charge in [-0.3, -0.25) is 4.90 Å². The molecule has 14 heavy (non-hydrogen) atoms. The van der Waals surface area contributed by atoms with E-state index in [-0.39, 0.29) is 6.67 Å². The number of aliphatic hydroxyl groups excluding tert-OH is 1. The summed E-state index contributed by atoms with van der Waals surface area (Å²) in [6.07, 6.45) is 1.96. The number of alkyl halides is 1. The van der Waals surface area contributed by atoms with Crippen molar-refractivity contribution in [2.24, 2.45) is 0 Å². The first kappa shape index (κ1) is 11.9. The Morgan fingerprint density at radius 2 is 1.50 bits per heavy atom. The highest BCUT2D eigenvalue weighted by Crippen LogP contribution is 2.03. The van der Waals surface area contributed by atoms with Crippen LogP contribution in [0.4, 0.5) is 4.39 Å². The minimum absolute atomic E-state index is 0.232. The lowest BCUT2D eigenvalue weighted by molar-refractivity contribution is 0.123. The van der Waals surface area contributed by atoms with E-state index in [0.717, 1.165) is 45.6 Å². The van der Waals surface area contributed by atoms with Crippen LogP contribution < -0.4 is 0 Å². The minimum Gasteiger partial charge on any atom is -0.396 e. The zero-order valence-corrected chi connectivity index (χ0v) is 8.79. The van der Waals surface area contributed by atoms with E-state index in [4.69, 9.17) is 5.11 Å². The van der Waals surface area contributed by atoms with E-state index in [9.17, 15) is 4.39 Å². The largest absolute Gasteiger partial charge is 0.396 e. The Balaban J connectivity index is 2.03. The summed E-state index contributed by atoms with van der Waals surface area (Å²) >= 11 is 0. The van der Waals surface area contributed by atoms with Gasteiger partial charge < -0.3 is 10.0 Å². The van der Waals surface area contributed by atoms with Crippen molar-refractivity contribution in [3.8, 4) is 0 Å². The zero-order valence-electron chi connectivity index (χ0n) is 8.79. The van der Waals surface area contributed by atoms with Crippen LogP contribution in [0.1, 0.15) is 12.8 Å². The molecule has 3 nitrogen and oxygen atoms in total. The molecule has 0 bridgehead atoms. The highest BCUT2D eigenvalue weighted by atomic mass is 19.1. The van der Waals surface area contributed by atoms with Gasteiger partial charge in [-0.05, 0) is 19.4 Å². The highest BCUT2D eigenvalue weighted by molar-refractivity contribution is 4.71. The van der Waals surface area contributed by atoms with Gasteiger partial charge in [-0.1, -0.05) is 0 Å². The third-order valence-electron chi connectivity index (χ3n) is 2.75. The summed E-state index contributed by atoms with van der Waals surface area (Å²) in [5.41, 5.74) is 0. The third kappa shape index (κ3) is 4.35. The van der Waals surface area contributed by atoms with Crippen LogP contribution in [0.2, 0.25) is 0 Å². The molecule has 1 aliphatic heterocycles. The Morgan fingerprint density at radius 1 is 0.929 bits per heavy atom. The van der Waals surface area contributed by atoms with Gasteiger partial charge in [0.05, 0.1) is 0 Å². The molecular formula is C10H21FN2O. The van der Waals surface area contributed by atoms with E-state index < -0.39 is 0 Å². The molecule has 4 heteroatoms. The number of piperazine rings is 1. The lowest BCUT2D eigenvalue weighted by Crippen LogP contribution is -2.47. The monoisotopic (exact) mass is 204 g/mol. The fraction of sp³-hybridized carbons (Fsp3) is 1.00. The second kappa shape index (κ2) is 7.15. The average molecular weight is 204 g/mol. The number of halogens is 1. The number of hydrogen-bond donors (Lipinski definition) is 1. The Bertz CT molecular complexity index is 138. The molecule has 1 rings (SSSR count). The second-order valence-corrected chi connectivity index (χ2v) is 3.80. The standard InChI is InChI=1S/C10H21FN2O/c11-3-5-13-8-6-12(7-9-13)4-1-2-10-14/h14H,1-10H2. The molecule has 84 valence electrons. The van der Waals surface area contributed by atoms with E-state index in [1.165, 1.54) is 0 Å². The Labute approximate surface area is 85.5 Å². The van der Waals surface area contributed by atoms with Crippen molar-refractivity contribution in [2.45, 2.75) is 12.8 Å². The molecule has 0 radical (unpaired) electrons. The highest BCUT2D eigenvalue weighted by Gasteiger charge is 2.15. The fourth-order valence-electron chi connectivity index (χ4n) is 1.80. The van der Waals surface area contributed by atoms with Crippen LogP contribution in [0.5, 0.6) is 0 Å². The maximum atomic E-state index is 12.0. The molecule has 0 amide bonds. The minimum atomic E-state index is -0.232. The predicted octanol–water partition coefficient (Wildman–Crippen LogP) is 0.346. The number of unbranched alkanes of at least 4 members (excludes halogenated alkanes) is 1. The SMILES string of the molecule is OCCCCN1CCN(CCF)CC1. The molecule has 0 unspecified atom stereocenters. The summed E-state index contributed by atoms with van der Waals surface area (Å²) < 4.78 is 12.0. The molecule has 0 atom stereocenters. The summed E-state index contributed by atoms with van der Waals surface area (Å²) in [6, 6.07) is 0. The van der Waals surface area contributed by atoms with Gasteiger partial charge in [0.15, 0.2) is 0 Å². The van der Waals surface area contributed by atoms with E-state index in [2.05, 4.69) is 9.80 Å². The quantitative estimate of drug-likeness (QED) is 0.632. The van der Waals surface area contributed by atoms with Crippen molar-refractivity contribution in [1.29, 1.82) is 0 Å².